The van der Waals surface area contributed by atoms with Gasteiger partial charge in [-0.05, 0) is 86.6 Å². The number of hydrogen-bond acceptors (Lipinski definition) is 6. The molecule has 46 heavy (non-hydrogen) atoms. The number of benzene rings is 4. The van der Waals surface area contributed by atoms with Gasteiger partial charge >= 0.3 is 12.1 Å². The zero-order chi connectivity index (χ0) is 32.9. The Morgan fingerprint density at radius 3 is 1.57 bits per heavy atom. The van der Waals surface area contributed by atoms with Gasteiger partial charge in [0.15, 0.2) is 0 Å². The van der Waals surface area contributed by atoms with Crippen LogP contribution in [0.25, 0.3) is 0 Å². The molecule has 0 aliphatic carbocycles. The fourth-order valence-corrected chi connectivity index (χ4v) is 4.93. The first-order valence-corrected chi connectivity index (χ1v) is 15.5. The van der Waals surface area contributed by atoms with E-state index < -0.39 is 35.7 Å². The second kappa shape index (κ2) is 16.5. The molecule has 0 radical (unpaired) electrons. The normalized spacial score (nSPS) is 13.2. The van der Waals surface area contributed by atoms with Gasteiger partial charge in [-0.25, -0.2) is 4.79 Å². The van der Waals surface area contributed by atoms with Gasteiger partial charge in [0.1, 0.15) is 30.3 Å². The van der Waals surface area contributed by atoms with Crippen LogP contribution in [0.5, 0.6) is 11.5 Å². The fourth-order valence-electron chi connectivity index (χ4n) is 4.93. The first-order chi connectivity index (χ1) is 22.0. The monoisotopic (exact) mass is 625 g/mol. The average Bonchev–Trinajstić information content (AvgIpc) is 3.03. The standard InChI is InChI=1S/C38H43NO7/c1-38(2,3)46-37(43)39-34(23-28-16-20-33(21-17-28)45-26-30-12-8-5-9-13-30)35(40)24-31(36(41)42)22-27-14-18-32(19-15-27)44-25-29-10-6-4-7-11-29/h4-21,31,34-35,40H,22-26H2,1-3H3,(H,39,43)(H,41,42)/t31-,34+,35+/m1/s1. The summed E-state index contributed by atoms with van der Waals surface area (Å²) in [7, 11) is 0. The Morgan fingerprint density at radius 1 is 0.674 bits per heavy atom. The number of aliphatic carboxylic acids is 1. The van der Waals surface area contributed by atoms with Gasteiger partial charge < -0.3 is 29.7 Å². The van der Waals surface area contributed by atoms with E-state index >= 15 is 0 Å². The highest BCUT2D eigenvalue weighted by molar-refractivity contribution is 5.71. The van der Waals surface area contributed by atoms with Crippen molar-refractivity contribution in [1.29, 1.82) is 0 Å². The van der Waals surface area contributed by atoms with Crippen LogP contribution < -0.4 is 14.8 Å². The average molecular weight is 626 g/mol. The number of nitrogens with one attached hydrogen (secondary N) is 1. The Balaban J connectivity index is 1.39. The first-order valence-electron chi connectivity index (χ1n) is 15.5. The minimum atomic E-state index is -1.16. The number of rotatable bonds is 15. The number of hydrogen-bond donors (Lipinski definition) is 3. The molecule has 0 saturated heterocycles. The molecule has 0 aromatic heterocycles. The molecule has 8 nitrogen and oxygen atoms in total. The van der Waals surface area contributed by atoms with Crippen LogP contribution >= 0.6 is 0 Å². The Hall–Kier alpha value is -4.82. The summed E-state index contributed by atoms with van der Waals surface area (Å²) in [4.78, 5) is 25.0. The summed E-state index contributed by atoms with van der Waals surface area (Å²) in [6, 6.07) is 33.6. The lowest BCUT2D eigenvalue weighted by atomic mass is 9.89. The van der Waals surface area contributed by atoms with Crippen LogP contribution in [0.4, 0.5) is 4.79 Å². The summed E-state index contributed by atoms with van der Waals surface area (Å²) in [5, 5.41) is 24.2. The first kappa shape index (κ1) is 34.1. The molecular formula is C38H43NO7. The van der Waals surface area contributed by atoms with Crippen LogP contribution in [0.1, 0.15) is 49.4 Å². The molecule has 0 bridgehead atoms. The molecule has 0 fully saturated rings. The number of ether oxygens (including phenoxy) is 3. The predicted octanol–water partition coefficient (Wildman–Crippen LogP) is 6.97. The van der Waals surface area contributed by atoms with Crippen LogP contribution in [-0.2, 0) is 35.6 Å². The number of aliphatic hydroxyl groups excluding tert-OH is 1. The van der Waals surface area contributed by atoms with Crippen LogP contribution in [0.3, 0.4) is 0 Å². The lowest BCUT2D eigenvalue weighted by Gasteiger charge is -2.28. The van der Waals surface area contributed by atoms with Crippen molar-refractivity contribution < 1.29 is 34.0 Å². The number of aliphatic hydroxyl groups is 1. The number of carbonyl (C=O) groups excluding carboxylic acids is 1. The molecule has 0 spiro atoms. The maximum absolute atomic E-state index is 12.7. The van der Waals surface area contributed by atoms with Gasteiger partial charge in [-0.1, -0.05) is 84.9 Å². The second-order valence-corrected chi connectivity index (χ2v) is 12.3. The minimum absolute atomic E-state index is 0.0691. The summed E-state index contributed by atoms with van der Waals surface area (Å²) >= 11 is 0. The summed E-state index contributed by atoms with van der Waals surface area (Å²) in [6.45, 7) is 6.13. The van der Waals surface area contributed by atoms with Crippen molar-refractivity contribution in [2.24, 2.45) is 5.92 Å². The number of alkyl carbamates (subject to hydrolysis) is 1. The quantitative estimate of drug-likeness (QED) is 0.131. The van der Waals surface area contributed by atoms with Crippen molar-refractivity contribution in [2.75, 3.05) is 0 Å². The molecule has 0 aliphatic rings. The molecule has 3 N–H and O–H groups in total. The fraction of sp³-hybridized carbons (Fsp3) is 0.316. The summed E-state index contributed by atoms with van der Waals surface area (Å²) < 4.78 is 17.2. The van der Waals surface area contributed by atoms with Gasteiger partial charge in [-0.3, -0.25) is 4.79 Å². The SMILES string of the molecule is CC(C)(C)OC(=O)N[C@@H](Cc1ccc(OCc2ccccc2)cc1)[C@@H](O)C[C@@H](Cc1ccc(OCc2ccccc2)cc1)C(=O)O. The van der Waals surface area contributed by atoms with Gasteiger partial charge in [0.2, 0.25) is 0 Å². The van der Waals surface area contributed by atoms with Crippen LogP contribution in [0.15, 0.2) is 109 Å². The highest BCUT2D eigenvalue weighted by atomic mass is 16.6. The summed E-state index contributed by atoms with van der Waals surface area (Å²) in [5.74, 6) is -0.549. The number of amides is 1. The summed E-state index contributed by atoms with van der Waals surface area (Å²) in [5.41, 5.74) is 3.00. The predicted molar refractivity (Wildman–Crippen MR) is 177 cm³/mol. The van der Waals surface area contributed by atoms with Crippen molar-refractivity contribution in [3.8, 4) is 11.5 Å². The van der Waals surface area contributed by atoms with E-state index in [1.165, 1.54) is 0 Å². The largest absolute Gasteiger partial charge is 0.489 e. The molecule has 0 aliphatic heterocycles. The molecule has 1 amide bonds. The van der Waals surface area contributed by atoms with Crippen molar-refractivity contribution >= 4 is 12.1 Å². The molecular weight excluding hydrogens is 582 g/mol. The summed E-state index contributed by atoms with van der Waals surface area (Å²) in [6.07, 6.45) is -1.44. The van der Waals surface area contributed by atoms with Crippen LogP contribution in [0.2, 0.25) is 0 Å². The second-order valence-electron chi connectivity index (χ2n) is 12.3. The van der Waals surface area contributed by atoms with Crippen molar-refractivity contribution in [3.05, 3.63) is 131 Å². The lowest BCUT2D eigenvalue weighted by molar-refractivity contribution is -0.143. The lowest BCUT2D eigenvalue weighted by Crippen LogP contribution is -2.47. The molecule has 0 unspecified atom stereocenters. The molecule has 8 heteroatoms. The third-order valence-corrected chi connectivity index (χ3v) is 7.32. The van der Waals surface area contributed by atoms with Crippen molar-refractivity contribution in [3.63, 3.8) is 0 Å². The van der Waals surface area contributed by atoms with E-state index in [1.807, 2.05) is 109 Å². The van der Waals surface area contributed by atoms with E-state index in [-0.39, 0.29) is 19.3 Å². The Bertz CT molecular complexity index is 1500. The van der Waals surface area contributed by atoms with Gasteiger partial charge in [-0.2, -0.15) is 0 Å². The number of carboxylic acids is 1. The van der Waals surface area contributed by atoms with Crippen LogP contribution in [0, 0.1) is 5.92 Å². The van der Waals surface area contributed by atoms with Gasteiger partial charge in [-0.15, -0.1) is 0 Å². The Labute approximate surface area is 271 Å². The van der Waals surface area contributed by atoms with Gasteiger partial charge in [0.05, 0.1) is 18.1 Å². The Kier molecular flexibility index (Phi) is 12.2. The highest BCUT2D eigenvalue weighted by Crippen LogP contribution is 2.22. The molecule has 242 valence electrons. The highest BCUT2D eigenvalue weighted by Gasteiger charge is 2.30. The molecule has 3 atom stereocenters. The topological polar surface area (TPSA) is 114 Å². The van der Waals surface area contributed by atoms with E-state index in [2.05, 4.69) is 5.32 Å². The van der Waals surface area contributed by atoms with Crippen LogP contribution in [-0.4, -0.2) is 40.0 Å². The zero-order valence-electron chi connectivity index (χ0n) is 26.6. The number of carboxylic acid groups (broad SMARTS) is 1. The van der Waals surface area contributed by atoms with Gasteiger partial charge in [0, 0.05) is 0 Å². The molecule has 0 heterocycles. The molecule has 4 rings (SSSR count). The van der Waals surface area contributed by atoms with Crippen molar-refractivity contribution in [2.45, 2.75) is 71.0 Å². The smallest absolute Gasteiger partial charge is 0.407 e. The molecule has 4 aromatic rings. The Morgan fingerprint density at radius 2 is 1.13 bits per heavy atom. The van der Waals surface area contributed by atoms with E-state index in [0.29, 0.717) is 24.7 Å². The third-order valence-electron chi connectivity index (χ3n) is 7.32. The van der Waals surface area contributed by atoms with E-state index in [1.54, 1.807) is 20.8 Å². The maximum Gasteiger partial charge on any atom is 0.407 e. The van der Waals surface area contributed by atoms with Crippen molar-refractivity contribution in [1.82, 2.24) is 5.32 Å². The maximum atomic E-state index is 12.7. The third kappa shape index (κ3) is 11.6. The van der Waals surface area contributed by atoms with E-state index in [4.69, 9.17) is 14.2 Å². The molecule has 4 aromatic carbocycles. The zero-order valence-corrected chi connectivity index (χ0v) is 26.6. The number of carbonyl (C=O) groups is 2. The molecule has 0 saturated carbocycles. The van der Waals surface area contributed by atoms with Gasteiger partial charge in [0.25, 0.3) is 0 Å². The van der Waals surface area contributed by atoms with E-state index in [9.17, 15) is 19.8 Å². The minimum Gasteiger partial charge on any atom is -0.489 e. The van der Waals surface area contributed by atoms with E-state index in [0.717, 1.165) is 22.3 Å².